The fourth-order valence-electron chi connectivity index (χ4n) is 4.48. The molecule has 10 nitrogen and oxygen atoms in total. The van der Waals surface area contributed by atoms with Crippen molar-refractivity contribution in [1.82, 2.24) is 19.8 Å². The highest BCUT2D eigenvalue weighted by Crippen LogP contribution is 2.34. The number of benzene rings is 2. The minimum absolute atomic E-state index is 0.0667. The molecule has 3 amide bonds. The lowest BCUT2D eigenvalue weighted by atomic mass is 10.0. The summed E-state index contributed by atoms with van der Waals surface area (Å²) in [5.74, 6) is -0.769. The van der Waals surface area contributed by atoms with Gasteiger partial charge < -0.3 is 20.3 Å². The molecule has 1 fully saturated rings. The second-order valence-electron chi connectivity index (χ2n) is 8.90. The van der Waals surface area contributed by atoms with Crippen LogP contribution in [0, 0.1) is 0 Å². The van der Waals surface area contributed by atoms with E-state index in [0.717, 1.165) is 29.4 Å². The largest absolute Gasteiger partial charge is 0.482 e. The van der Waals surface area contributed by atoms with Crippen LogP contribution in [0.15, 0.2) is 66.4 Å². The van der Waals surface area contributed by atoms with Crippen LogP contribution in [0.1, 0.15) is 19.3 Å². The van der Waals surface area contributed by atoms with Crippen molar-refractivity contribution in [2.75, 3.05) is 25.0 Å². The van der Waals surface area contributed by atoms with E-state index >= 15 is 0 Å². The number of carbonyl (C=O) groups is 3. The van der Waals surface area contributed by atoms with E-state index in [9.17, 15) is 19.2 Å². The number of nitrogens with zero attached hydrogens (tertiary/aromatic N) is 3. The zero-order chi connectivity index (χ0) is 26.1. The molecule has 0 spiro atoms. The van der Waals surface area contributed by atoms with Crippen LogP contribution >= 0.6 is 0 Å². The maximum absolute atomic E-state index is 13.3. The number of carbonyl (C=O) groups excluding carboxylic acids is 3. The number of nitrogens with one attached hydrogen (secondary N) is 2. The third-order valence-corrected chi connectivity index (χ3v) is 6.43. The average molecular weight is 500 g/mol. The lowest BCUT2D eigenvalue weighted by Crippen LogP contribution is -2.41. The summed E-state index contributed by atoms with van der Waals surface area (Å²) in [5, 5.41) is 5.49. The normalized spacial score (nSPS) is 14.8. The molecule has 1 saturated heterocycles. The van der Waals surface area contributed by atoms with Crippen LogP contribution < -0.4 is 20.9 Å². The van der Waals surface area contributed by atoms with E-state index in [-0.39, 0.29) is 35.2 Å². The van der Waals surface area contributed by atoms with Gasteiger partial charge in [0.15, 0.2) is 6.61 Å². The van der Waals surface area contributed by atoms with Crippen LogP contribution in [0.25, 0.3) is 27.7 Å². The fourth-order valence-corrected chi connectivity index (χ4v) is 4.48. The molecule has 1 aromatic heterocycles. The highest BCUT2D eigenvalue weighted by molar-refractivity contribution is 6.15. The highest BCUT2D eigenvalue weighted by atomic mass is 16.5. The van der Waals surface area contributed by atoms with Crippen molar-refractivity contribution >= 4 is 40.0 Å². The quantitative estimate of drug-likeness (QED) is 0.520. The summed E-state index contributed by atoms with van der Waals surface area (Å²) in [6.07, 6.45) is 4.13. The number of hydrogen-bond donors (Lipinski definition) is 2. The van der Waals surface area contributed by atoms with Crippen LogP contribution in [0.4, 0.5) is 5.69 Å². The van der Waals surface area contributed by atoms with Gasteiger partial charge in [-0.25, -0.2) is 4.98 Å². The second kappa shape index (κ2) is 9.73. The third kappa shape index (κ3) is 4.61. The Hall–Kier alpha value is -4.73. The van der Waals surface area contributed by atoms with Gasteiger partial charge in [-0.1, -0.05) is 31.4 Å². The number of amides is 3. The van der Waals surface area contributed by atoms with Gasteiger partial charge >= 0.3 is 0 Å². The first-order valence-corrected chi connectivity index (χ1v) is 11.9. The fraction of sp³-hybridized carbons (Fsp3) is 0.222. The maximum atomic E-state index is 13.3. The summed E-state index contributed by atoms with van der Waals surface area (Å²) in [5.41, 5.74) is 1.69. The standard InChI is InChI=1S/C27H25N5O5/c1-16(26(35)31-11-4-3-5-12-31)29-25(34)17(2)32-15-28-24-19(7-6-8-20(24)27(32)36)18-9-10-21-22(13-18)37-14-23(33)30-21/h6-10,13,15H,1-5,11-12,14H2,(H,29,34)(H,30,33). The first-order valence-electron chi connectivity index (χ1n) is 11.9. The van der Waals surface area contributed by atoms with Crippen molar-refractivity contribution in [1.29, 1.82) is 0 Å². The minimum Gasteiger partial charge on any atom is -0.482 e. The Morgan fingerprint density at radius 1 is 1.05 bits per heavy atom. The van der Waals surface area contributed by atoms with E-state index in [1.165, 1.54) is 6.33 Å². The molecule has 2 aliphatic rings. The molecule has 0 saturated carbocycles. The molecule has 0 unspecified atom stereocenters. The van der Waals surface area contributed by atoms with Crippen molar-refractivity contribution in [3.63, 3.8) is 0 Å². The lowest BCUT2D eigenvalue weighted by Gasteiger charge is -2.27. The summed E-state index contributed by atoms with van der Waals surface area (Å²) in [6.45, 7) is 8.61. The van der Waals surface area contributed by atoms with Gasteiger partial charge in [0, 0.05) is 18.7 Å². The van der Waals surface area contributed by atoms with E-state index in [2.05, 4.69) is 28.8 Å². The second-order valence-corrected chi connectivity index (χ2v) is 8.90. The summed E-state index contributed by atoms with van der Waals surface area (Å²) in [7, 11) is 0. The molecule has 2 aromatic carbocycles. The molecule has 0 radical (unpaired) electrons. The number of piperidine rings is 1. The van der Waals surface area contributed by atoms with Crippen LogP contribution in [-0.4, -0.2) is 51.9 Å². The van der Waals surface area contributed by atoms with E-state index in [0.29, 0.717) is 35.6 Å². The van der Waals surface area contributed by atoms with Crippen molar-refractivity contribution in [2.24, 2.45) is 0 Å². The monoisotopic (exact) mass is 499 g/mol. The van der Waals surface area contributed by atoms with Gasteiger partial charge in [0.2, 0.25) is 0 Å². The van der Waals surface area contributed by atoms with Gasteiger partial charge in [0.25, 0.3) is 23.3 Å². The molecule has 37 heavy (non-hydrogen) atoms. The molecule has 3 heterocycles. The molecular formula is C27H25N5O5. The third-order valence-electron chi connectivity index (χ3n) is 6.43. The molecule has 0 aliphatic carbocycles. The Balaban J connectivity index is 1.40. The Bertz CT molecular complexity index is 1530. The number of aromatic nitrogens is 2. The molecule has 3 aromatic rings. The minimum atomic E-state index is -0.719. The first kappa shape index (κ1) is 24.0. The maximum Gasteiger partial charge on any atom is 0.272 e. The number of anilines is 1. The van der Waals surface area contributed by atoms with Gasteiger partial charge in [-0.2, -0.15) is 0 Å². The van der Waals surface area contributed by atoms with Crippen LogP contribution in [0.3, 0.4) is 0 Å². The van der Waals surface area contributed by atoms with Crippen molar-refractivity contribution in [3.8, 4) is 16.9 Å². The SMILES string of the molecule is C=C(NC(=O)C(=C)n1cnc2c(-c3ccc4c(c3)OCC(=O)N4)cccc2c1=O)C(=O)N1CCCCC1. The summed E-state index contributed by atoms with van der Waals surface area (Å²) < 4.78 is 6.56. The number of rotatable bonds is 5. The first-order chi connectivity index (χ1) is 17.8. The molecule has 5 rings (SSSR count). The Labute approximate surface area is 212 Å². The molecule has 0 atom stereocenters. The number of ether oxygens (including phenoxy) is 1. The van der Waals surface area contributed by atoms with E-state index < -0.39 is 11.5 Å². The average Bonchev–Trinajstić information content (AvgIpc) is 2.92. The molecule has 10 heteroatoms. The summed E-state index contributed by atoms with van der Waals surface area (Å²) in [6, 6.07) is 10.5. The van der Waals surface area contributed by atoms with Gasteiger partial charge in [-0.3, -0.25) is 23.7 Å². The van der Waals surface area contributed by atoms with Crippen LogP contribution in [0.2, 0.25) is 0 Å². The van der Waals surface area contributed by atoms with E-state index in [1.807, 2.05) is 6.07 Å². The predicted octanol–water partition coefficient (Wildman–Crippen LogP) is 2.51. The smallest absolute Gasteiger partial charge is 0.272 e. The lowest BCUT2D eigenvalue weighted by molar-refractivity contribution is -0.129. The Kier molecular flexibility index (Phi) is 6.31. The topological polar surface area (TPSA) is 123 Å². The van der Waals surface area contributed by atoms with Crippen molar-refractivity contribution in [2.45, 2.75) is 19.3 Å². The Morgan fingerprint density at radius 2 is 1.84 bits per heavy atom. The van der Waals surface area contributed by atoms with Crippen LogP contribution in [-0.2, 0) is 14.4 Å². The molecule has 0 bridgehead atoms. The molecule has 188 valence electrons. The van der Waals surface area contributed by atoms with Gasteiger partial charge in [-0.05, 0) is 43.0 Å². The number of fused-ring (bicyclic) bond motifs is 2. The Morgan fingerprint density at radius 3 is 2.62 bits per heavy atom. The zero-order valence-corrected chi connectivity index (χ0v) is 20.1. The summed E-state index contributed by atoms with van der Waals surface area (Å²) in [4.78, 5) is 56.3. The highest BCUT2D eigenvalue weighted by Gasteiger charge is 2.23. The molecule has 2 N–H and O–H groups in total. The molecular weight excluding hydrogens is 474 g/mol. The predicted molar refractivity (Wildman–Crippen MR) is 139 cm³/mol. The van der Waals surface area contributed by atoms with Gasteiger partial charge in [0.1, 0.15) is 17.8 Å². The zero-order valence-electron chi connectivity index (χ0n) is 20.1. The number of hydrogen-bond acceptors (Lipinski definition) is 6. The van der Waals surface area contributed by atoms with Crippen molar-refractivity contribution < 1.29 is 19.1 Å². The number of para-hydroxylation sites is 1. The summed E-state index contributed by atoms with van der Waals surface area (Å²) >= 11 is 0. The number of likely N-dealkylation sites (tertiary alicyclic amines) is 1. The van der Waals surface area contributed by atoms with E-state index in [4.69, 9.17) is 4.74 Å². The molecule has 2 aliphatic heterocycles. The van der Waals surface area contributed by atoms with Gasteiger partial charge in [0.05, 0.1) is 22.3 Å². The van der Waals surface area contributed by atoms with E-state index in [1.54, 1.807) is 35.2 Å². The van der Waals surface area contributed by atoms with Gasteiger partial charge in [-0.15, -0.1) is 0 Å². The van der Waals surface area contributed by atoms with Crippen molar-refractivity contribution in [3.05, 3.63) is 71.9 Å². The van der Waals surface area contributed by atoms with Crippen LogP contribution in [0.5, 0.6) is 5.75 Å².